The van der Waals surface area contributed by atoms with E-state index in [2.05, 4.69) is 20.6 Å². The number of nitrogens with one attached hydrogen (secondary N) is 3. The Hall–Kier alpha value is -1.73. The minimum absolute atomic E-state index is 0.128. The summed E-state index contributed by atoms with van der Waals surface area (Å²) in [5.74, 6) is 0.299. The number of fused-ring (bicyclic) bond motifs is 3. The van der Waals surface area contributed by atoms with E-state index in [0.29, 0.717) is 22.7 Å². The molecule has 4 rings (SSSR count). The van der Waals surface area contributed by atoms with Crippen molar-refractivity contribution in [1.29, 1.82) is 0 Å². The first-order chi connectivity index (χ1) is 10.7. The van der Waals surface area contributed by atoms with E-state index in [1.807, 2.05) is 0 Å². The van der Waals surface area contributed by atoms with Gasteiger partial charge in [0.05, 0.1) is 5.39 Å². The molecule has 2 aromatic heterocycles. The topological polar surface area (TPSA) is 86.9 Å². The van der Waals surface area contributed by atoms with E-state index in [9.17, 15) is 9.59 Å². The molecule has 116 valence electrons. The summed E-state index contributed by atoms with van der Waals surface area (Å²) >= 11 is 1.55. The summed E-state index contributed by atoms with van der Waals surface area (Å²) in [5, 5.41) is 6.83. The number of aromatic amines is 1. The van der Waals surface area contributed by atoms with Crippen LogP contribution in [0.15, 0.2) is 4.79 Å². The van der Waals surface area contributed by atoms with Crippen molar-refractivity contribution in [2.24, 2.45) is 5.92 Å². The van der Waals surface area contributed by atoms with Crippen LogP contribution in [0.4, 0.5) is 0 Å². The third-order valence-corrected chi connectivity index (χ3v) is 5.69. The van der Waals surface area contributed by atoms with E-state index < -0.39 is 0 Å². The highest BCUT2D eigenvalue weighted by Gasteiger charge is 2.23. The molecule has 1 aliphatic carbocycles. The Morgan fingerprint density at radius 1 is 1.41 bits per heavy atom. The van der Waals surface area contributed by atoms with Crippen molar-refractivity contribution in [2.45, 2.75) is 25.7 Å². The smallest absolute Gasteiger partial charge is 0.287 e. The maximum Gasteiger partial charge on any atom is 0.287 e. The number of hydrogen-bond donors (Lipinski definition) is 3. The van der Waals surface area contributed by atoms with Crippen LogP contribution in [0.2, 0.25) is 0 Å². The Labute approximate surface area is 131 Å². The van der Waals surface area contributed by atoms with Gasteiger partial charge in [0, 0.05) is 11.4 Å². The molecule has 1 atom stereocenters. The molecule has 22 heavy (non-hydrogen) atoms. The van der Waals surface area contributed by atoms with Crippen molar-refractivity contribution in [3.05, 3.63) is 26.6 Å². The SMILES string of the molecule is O=C(NC[C@H]1CCNC1)c1nc2sc3c(c2c(=O)[nH]1)CCC3. The fourth-order valence-electron chi connectivity index (χ4n) is 3.32. The molecule has 3 heterocycles. The molecule has 2 aromatic rings. The van der Waals surface area contributed by atoms with Gasteiger partial charge in [-0.05, 0) is 50.3 Å². The molecule has 0 bridgehead atoms. The van der Waals surface area contributed by atoms with Crippen molar-refractivity contribution in [3.8, 4) is 0 Å². The molecule has 1 fully saturated rings. The molecule has 0 radical (unpaired) electrons. The lowest BCUT2D eigenvalue weighted by atomic mass is 10.1. The molecule has 1 saturated heterocycles. The summed E-state index contributed by atoms with van der Waals surface area (Å²) in [7, 11) is 0. The molecule has 2 aliphatic rings. The molecule has 0 spiro atoms. The number of H-pyrrole nitrogens is 1. The zero-order valence-electron chi connectivity index (χ0n) is 12.2. The first kappa shape index (κ1) is 13.9. The molecule has 0 unspecified atom stereocenters. The summed E-state index contributed by atoms with van der Waals surface area (Å²) in [6, 6.07) is 0. The second-order valence-electron chi connectivity index (χ2n) is 6.02. The van der Waals surface area contributed by atoms with Gasteiger partial charge in [0.1, 0.15) is 4.83 Å². The number of hydrogen-bond acceptors (Lipinski definition) is 5. The highest BCUT2D eigenvalue weighted by molar-refractivity contribution is 7.18. The Morgan fingerprint density at radius 3 is 3.14 bits per heavy atom. The van der Waals surface area contributed by atoms with E-state index in [1.165, 1.54) is 4.88 Å². The van der Waals surface area contributed by atoms with E-state index >= 15 is 0 Å². The lowest BCUT2D eigenvalue weighted by molar-refractivity contribution is 0.0938. The largest absolute Gasteiger partial charge is 0.349 e. The van der Waals surface area contributed by atoms with Gasteiger partial charge in [-0.3, -0.25) is 9.59 Å². The highest BCUT2D eigenvalue weighted by atomic mass is 32.1. The molecule has 7 heteroatoms. The number of rotatable bonds is 3. The van der Waals surface area contributed by atoms with Crippen molar-refractivity contribution in [3.63, 3.8) is 0 Å². The van der Waals surface area contributed by atoms with E-state index in [1.54, 1.807) is 11.3 Å². The van der Waals surface area contributed by atoms with E-state index in [0.717, 1.165) is 44.3 Å². The quantitative estimate of drug-likeness (QED) is 0.782. The van der Waals surface area contributed by atoms with Crippen molar-refractivity contribution >= 4 is 27.5 Å². The molecule has 1 aliphatic heterocycles. The van der Waals surface area contributed by atoms with Crippen LogP contribution in [-0.2, 0) is 12.8 Å². The molecule has 3 N–H and O–H groups in total. The highest BCUT2D eigenvalue weighted by Crippen LogP contribution is 2.34. The van der Waals surface area contributed by atoms with Gasteiger partial charge < -0.3 is 15.6 Å². The minimum Gasteiger partial charge on any atom is -0.349 e. The summed E-state index contributed by atoms with van der Waals surface area (Å²) < 4.78 is 0. The zero-order valence-corrected chi connectivity index (χ0v) is 13.0. The van der Waals surface area contributed by atoms with Crippen molar-refractivity contribution < 1.29 is 4.79 Å². The number of carbonyl (C=O) groups excluding carboxylic acids is 1. The third kappa shape index (κ3) is 2.34. The monoisotopic (exact) mass is 318 g/mol. The van der Waals surface area contributed by atoms with Crippen LogP contribution >= 0.6 is 11.3 Å². The third-order valence-electron chi connectivity index (χ3n) is 4.50. The van der Waals surface area contributed by atoms with Crippen LogP contribution in [0.25, 0.3) is 10.2 Å². The second-order valence-corrected chi connectivity index (χ2v) is 7.10. The lowest BCUT2D eigenvalue weighted by Crippen LogP contribution is -2.32. The first-order valence-electron chi connectivity index (χ1n) is 7.76. The van der Waals surface area contributed by atoms with Crippen LogP contribution in [-0.4, -0.2) is 35.5 Å². The lowest BCUT2D eigenvalue weighted by Gasteiger charge is -2.09. The molecule has 6 nitrogen and oxygen atoms in total. The summed E-state index contributed by atoms with van der Waals surface area (Å²) in [5.41, 5.74) is 0.954. The fraction of sp³-hybridized carbons (Fsp3) is 0.533. The maximum absolute atomic E-state index is 12.3. The van der Waals surface area contributed by atoms with Gasteiger partial charge in [-0.25, -0.2) is 4.98 Å². The van der Waals surface area contributed by atoms with Gasteiger partial charge in [-0.15, -0.1) is 11.3 Å². The molecule has 1 amide bonds. The Bertz CT molecular complexity index is 789. The average Bonchev–Trinajstić information content (AvgIpc) is 3.20. The summed E-state index contributed by atoms with van der Waals surface area (Å²) in [6.45, 7) is 2.55. The van der Waals surface area contributed by atoms with Crippen LogP contribution < -0.4 is 16.2 Å². The normalized spacial score (nSPS) is 20.5. The van der Waals surface area contributed by atoms with Crippen LogP contribution in [0.5, 0.6) is 0 Å². The van der Waals surface area contributed by atoms with Crippen LogP contribution in [0, 0.1) is 5.92 Å². The minimum atomic E-state index is -0.292. The number of aryl methyl sites for hydroxylation is 2. The Morgan fingerprint density at radius 2 is 2.32 bits per heavy atom. The van der Waals surface area contributed by atoms with Crippen molar-refractivity contribution in [2.75, 3.05) is 19.6 Å². The van der Waals surface area contributed by atoms with Gasteiger partial charge in [0.25, 0.3) is 11.5 Å². The molecule has 0 aromatic carbocycles. The predicted molar refractivity (Wildman–Crippen MR) is 85.6 cm³/mol. The first-order valence-corrected chi connectivity index (χ1v) is 8.57. The Kier molecular flexibility index (Phi) is 3.46. The van der Waals surface area contributed by atoms with Crippen LogP contribution in [0.1, 0.15) is 33.9 Å². The van der Waals surface area contributed by atoms with E-state index in [-0.39, 0.29) is 17.3 Å². The summed E-state index contributed by atoms with van der Waals surface area (Å²) in [4.78, 5) is 33.5. The van der Waals surface area contributed by atoms with Gasteiger partial charge in [-0.2, -0.15) is 0 Å². The number of thiophene rings is 1. The molecular weight excluding hydrogens is 300 g/mol. The maximum atomic E-state index is 12.3. The van der Waals surface area contributed by atoms with E-state index in [4.69, 9.17) is 0 Å². The summed E-state index contributed by atoms with van der Waals surface area (Å²) in [6.07, 6.45) is 4.14. The number of carbonyl (C=O) groups is 1. The molecular formula is C15H18N4O2S. The molecule has 0 saturated carbocycles. The van der Waals surface area contributed by atoms with Gasteiger partial charge >= 0.3 is 0 Å². The number of amides is 1. The zero-order chi connectivity index (χ0) is 15.1. The van der Waals surface area contributed by atoms with Crippen molar-refractivity contribution in [1.82, 2.24) is 20.6 Å². The van der Waals surface area contributed by atoms with Gasteiger partial charge in [0.2, 0.25) is 5.82 Å². The second kappa shape index (κ2) is 5.48. The van der Waals surface area contributed by atoms with Gasteiger partial charge in [0.15, 0.2) is 0 Å². The Balaban J connectivity index is 1.59. The van der Waals surface area contributed by atoms with Crippen LogP contribution in [0.3, 0.4) is 0 Å². The fourth-order valence-corrected chi connectivity index (χ4v) is 4.58. The predicted octanol–water partition coefficient (Wildman–Crippen LogP) is 0.813. The number of aromatic nitrogens is 2. The number of nitrogens with zero attached hydrogens (tertiary/aromatic N) is 1. The average molecular weight is 318 g/mol. The standard InChI is InChI=1S/C15H18N4O2S/c20-13-11-9-2-1-3-10(9)22-15(11)19-12(18-13)14(21)17-7-8-4-5-16-6-8/h8,16H,1-7H2,(H,17,21)(H,18,19,20)/t8-/m0/s1. The van der Waals surface area contributed by atoms with Gasteiger partial charge in [-0.1, -0.05) is 0 Å².